The Kier molecular flexibility index (Phi) is 6.08. The molecule has 1 aromatic carbocycles. The van der Waals surface area contributed by atoms with Gasteiger partial charge in [-0.15, -0.1) is 0 Å². The Bertz CT molecular complexity index is 642. The molecule has 1 N–H and O–H groups in total. The first-order valence-corrected chi connectivity index (χ1v) is 9.25. The van der Waals surface area contributed by atoms with Crippen LogP contribution in [0.4, 0.5) is 0 Å². The first-order chi connectivity index (χ1) is 9.54. The van der Waals surface area contributed by atoms with Crippen LogP contribution in [0.2, 0.25) is 5.02 Å². The van der Waals surface area contributed by atoms with Crippen molar-refractivity contribution in [3.05, 3.63) is 28.3 Å². The van der Waals surface area contributed by atoms with Gasteiger partial charge in [0.25, 0.3) is 15.0 Å². The lowest BCUT2D eigenvalue weighted by Crippen LogP contribution is -2.30. The third kappa shape index (κ3) is 4.87. The Labute approximate surface area is 135 Å². The zero-order valence-electron chi connectivity index (χ0n) is 12.4. The fraction of sp³-hybridized carbons (Fsp3) is 0.500. The van der Waals surface area contributed by atoms with Crippen molar-refractivity contribution in [3.63, 3.8) is 0 Å². The van der Waals surface area contributed by atoms with Crippen LogP contribution in [0, 0.1) is 18.8 Å². The van der Waals surface area contributed by atoms with Crippen molar-refractivity contribution in [1.82, 2.24) is 5.32 Å². The molecule has 0 heterocycles. The van der Waals surface area contributed by atoms with Gasteiger partial charge in [-0.25, -0.2) is 8.42 Å². The van der Waals surface area contributed by atoms with E-state index in [0.717, 1.165) is 0 Å². The molecule has 1 amide bonds. The van der Waals surface area contributed by atoms with Crippen molar-refractivity contribution >= 4 is 37.2 Å². The fourth-order valence-corrected chi connectivity index (χ4v) is 3.18. The molecule has 118 valence electrons. The van der Waals surface area contributed by atoms with Gasteiger partial charge in [0.15, 0.2) is 0 Å². The summed E-state index contributed by atoms with van der Waals surface area (Å²) in [5, 5.41) is 2.82. The van der Waals surface area contributed by atoms with Crippen molar-refractivity contribution in [2.45, 2.75) is 32.6 Å². The van der Waals surface area contributed by atoms with Gasteiger partial charge < -0.3 is 5.32 Å². The summed E-state index contributed by atoms with van der Waals surface area (Å²) in [6, 6.07) is 2.75. The van der Waals surface area contributed by atoms with Gasteiger partial charge in [0.1, 0.15) is 4.90 Å². The maximum atomic E-state index is 12.1. The molecule has 0 saturated carbocycles. The Morgan fingerprint density at radius 1 is 1.29 bits per heavy atom. The van der Waals surface area contributed by atoms with E-state index in [0.29, 0.717) is 23.9 Å². The predicted molar refractivity (Wildman–Crippen MR) is 85.6 cm³/mol. The summed E-state index contributed by atoms with van der Waals surface area (Å²) in [5.41, 5.74) is 0.715. The van der Waals surface area contributed by atoms with Gasteiger partial charge in [0.05, 0.1) is 5.02 Å². The first-order valence-electron chi connectivity index (χ1n) is 6.57. The summed E-state index contributed by atoms with van der Waals surface area (Å²) in [6.07, 6.45) is 0. The number of carbonyl (C=O) groups excluding carboxylic acids is 1. The van der Waals surface area contributed by atoms with E-state index in [-0.39, 0.29) is 21.4 Å². The third-order valence-electron chi connectivity index (χ3n) is 3.47. The second-order valence-corrected chi connectivity index (χ2v) is 8.39. The van der Waals surface area contributed by atoms with Gasteiger partial charge in [-0.1, -0.05) is 32.4 Å². The smallest absolute Gasteiger partial charge is 0.262 e. The monoisotopic (exact) mass is 351 g/mol. The second kappa shape index (κ2) is 6.99. The second-order valence-electron chi connectivity index (χ2n) is 5.47. The van der Waals surface area contributed by atoms with Crippen LogP contribution in [0.1, 0.15) is 36.7 Å². The van der Waals surface area contributed by atoms with Crippen LogP contribution in [0.25, 0.3) is 0 Å². The van der Waals surface area contributed by atoms with Gasteiger partial charge >= 0.3 is 0 Å². The van der Waals surface area contributed by atoms with Crippen LogP contribution in [0.3, 0.4) is 0 Å². The summed E-state index contributed by atoms with van der Waals surface area (Å²) in [4.78, 5) is 11.9. The molecule has 0 aliphatic heterocycles. The van der Waals surface area contributed by atoms with Gasteiger partial charge in [-0.05, 0) is 36.5 Å². The van der Waals surface area contributed by atoms with E-state index in [9.17, 15) is 13.2 Å². The SMILES string of the molecule is Cc1cc(C(=O)NCC(C)C(C)C)cc(S(=O)(=O)Cl)c1Cl. The van der Waals surface area contributed by atoms with E-state index in [2.05, 4.69) is 19.2 Å². The van der Waals surface area contributed by atoms with Crippen molar-refractivity contribution in [2.24, 2.45) is 11.8 Å². The molecule has 1 rings (SSSR count). The minimum atomic E-state index is -4.00. The molecule has 4 nitrogen and oxygen atoms in total. The molecule has 0 fully saturated rings. The van der Waals surface area contributed by atoms with Crippen molar-refractivity contribution in [3.8, 4) is 0 Å². The number of hydrogen-bond donors (Lipinski definition) is 1. The molecule has 0 aliphatic rings. The highest BCUT2D eigenvalue weighted by Gasteiger charge is 2.20. The summed E-state index contributed by atoms with van der Waals surface area (Å²) >= 11 is 5.93. The van der Waals surface area contributed by atoms with E-state index in [1.54, 1.807) is 13.0 Å². The highest BCUT2D eigenvalue weighted by atomic mass is 35.7. The Morgan fingerprint density at radius 2 is 1.86 bits per heavy atom. The number of carbonyl (C=O) groups is 1. The van der Waals surface area contributed by atoms with Gasteiger partial charge in [-0.2, -0.15) is 0 Å². The Hall–Kier alpha value is -0.780. The number of aryl methyl sites for hydroxylation is 1. The number of rotatable bonds is 5. The average Bonchev–Trinajstić information content (AvgIpc) is 2.36. The predicted octanol–water partition coefficient (Wildman–Crippen LogP) is 3.60. The highest BCUT2D eigenvalue weighted by molar-refractivity contribution is 8.13. The molecule has 0 aliphatic carbocycles. The molecule has 0 spiro atoms. The summed E-state index contributed by atoms with van der Waals surface area (Å²) < 4.78 is 23.0. The molecular formula is C14H19Cl2NO3S. The van der Waals surface area contributed by atoms with Crippen LogP contribution >= 0.6 is 22.3 Å². The zero-order valence-corrected chi connectivity index (χ0v) is 14.7. The molecule has 0 bridgehead atoms. The number of halogens is 2. The fourth-order valence-electron chi connectivity index (χ4n) is 1.64. The molecule has 7 heteroatoms. The van der Waals surface area contributed by atoms with Crippen molar-refractivity contribution in [2.75, 3.05) is 6.54 Å². The summed E-state index contributed by atoms with van der Waals surface area (Å²) in [5.74, 6) is 0.415. The number of nitrogens with one attached hydrogen (secondary N) is 1. The average molecular weight is 352 g/mol. The largest absolute Gasteiger partial charge is 0.352 e. The van der Waals surface area contributed by atoms with Crippen LogP contribution in [-0.4, -0.2) is 20.9 Å². The lowest BCUT2D eigenvalue weighted by molar-refractivity contribution is 0.0944. The molecule has 21 heavy (non-hydrogen) atoms. The minimum absolute atomic E-state index is 0.0390. The molecule has 0 radical (unpaired) electrons. The molecule has 0 aromatic heterocycles. The summed E-state index contributed by atoms with van der Waals surface area (Å²) in [6.45, 7) is 8.32. The molecular weight excluding hydrogens is 333 g/mol. The van der Waals surface area contributed by atoms with Crippen LogP contribution in [0.15, 0.2) is 17.0 Å². The Morgan fingerprint density at radius 3 is 2.33 bits per heavy atom. The van der Waals surface area contributed by atoms with E-state index in [4.69, 9.17) is 22.3 Å². The first kappa shape index (κ1) is 18.3. The van der Waals surface area contributed by atoms with Crippen LogP contribution in [-0.2, 0) is 9.05 Å². The zero-order chi connectivity index (χ0) is 16.4. The van der Waals surface area contributed by atoms with Crippen molar-refractivity contribution in [1.29, 1.82) is 0 Å². The molecule has 1 unspecified atom stereocenters. The lowest BCUT2D eigenvalue weighted by Gasteiger charge is -2.16. The van der Waals surface area contributed by atoms with E-state index in [1.807, 2.05) is 6.92 Å². The molecule has 0 saturated heterocycles. The molecule has 1 atom stereocenters. The van der Waals surface area contributed by atoms with E-state index >= 15 is 0 Å². The number of amides is 1. The summed E-state index contributed by atoms with van der Waals surface area (Å²) in [7, 11) is 1.34. The van der Waals surface area contributed by atoms with Crippen molar-refractivity contribution < 1.29 is 13.2 Å². The minimum Gasteiger partial charge on any atom is -0.352 e. The maximum absolute atomic E-state index is 12.1. The Balaban J connectivity index is 3.04. The topological polar surface area (TPSA) is 63.2 Å². The lowest BCUT2D eigenvalue weighted by atomic mass is 9.98. The van der Waals surface area contributed by atoms with Gasteiger partial charge in [0, 0.05) is 22.8 Å². The van der Waals surface area contributed by atoms with Crippen LogP contribution in [0.5, 0.6) is 0 Å². The van der Waals surface area contributed by atoms with E-state index in [1.165, 1.54) is 6.07 Å². The number of hydrogen-bond acceptors (Lipinski definition) is 3. The molecule has 1 aromatic rings. The maximum Gasteiger partial charge on any atom is 0.262 e. The number of benzene rings is 1. The van der Waals surface area contributed by atoms with Crippen LogP contribution < -0.4 is 5.32 Å². The standard InChI is InChI=1S/C14H19Cl2NO3S/c1-8(2)10(4)7-17-14(18)11-5-9(3)13(15)12(6-11)21(16,19)20/h5-6,8,10H,7H2,1-4H3,(H,17,18). The van der Waals surface area contributed by atoms with Gasteiger partial charge in [-0.3, -0.25) is 4.79 Å². The normalized spacial score (nSPS) is 13.3. The third-order valence-corrected chi connectivity index (χ3v) is 5.43. The quantitative estimate of drug-likeness (QED) is 0.824. The highest BCUT2D eigenvalue weighted by Crippen LogP contribution is 2.29. The van der Waals surface area contributed by atoms with E-state index < -0.39 is 9.05 Å². The van der Waals surface area contributed by atoms with Gasteiger partial charge in [0.2, 0.25) is 0 Å².